The lowest BCUT2D eigenvalue weighted by Crippen LogP contribution is -2.03. The molecule has 0 radical (unpaired) electrons. The van der Waals surface area contributed by atoms with Gasteiger partial charge in [0.25, 0.3) is 0 Å². The van der Waals surface area contributed by atoms with Crippen molar-refractivity contribution in [3.8, 4) is 0 Å². The van der Waals surface area contributed by atoms with Gasteiger partial charge in [-0.1, -0.05) is 0 Å². The summed E-state index contributed by atoms with van der Waals surface area (Å²) >= 11 is 0. The first kappa shape index (κ1) is 10.1. The van der Waals surface area contributed by atoms with Crippen LogP contribution in [0.2, 0.25) is 0 Å². The molecule has 17 heavy (non-hydrogen) atoms. The molecule has 2 nitrogen and oxygen atoms in total. The summed E-state index contributed by atoms with van der Waals surface area (Å²) in [5, 5.41) is 1.25. The van der Waals surface area contributed by atoms with Gasteiger partial charge in [-0.15, -0.1) is 0 Å². The third-order valence-corrected chi connectivity index (χ3v) is 2.70. The lowest BCUT2D eigenvalue weighted by molar-refractivity contribution is -0.137. The molecular formula is C12H7F3N2. The highest BCUT2D eigenvalue weighted by atomic mass is 19.4. The van der Waals surface area contributed by atoms with Gasteiger partial charge in [0.2, 0.25) is 0 Å². The first-order valence-corrected chi connectivity index (χ1v) is 4.99. The van der Waals surface area contributed by atoms with Crippen LogP contribution in [0.5, 0.6) is 0 Å². The van der Waals surface area contributed by atoms with E-state index in [1.54, 1.807) is 18.3 Å². The van der Waals surface area contributed by atoms with Gasteiger partial charge < -0.3 is 4.98 Å². The number of hydrogen-bond donors (Lipinski definition) is 1. The molecule has 0 bridgehead atoms. The lowest BCUT2D eigenvalue weighted by atomic mass is 10.1. The molecule has 3 aromatic rings. The van der Waals surface area contributed by atoms with Crippen LogP contribution in [0.3, 0.4) is 0 Å². The molecule has 1 N–H and O–H groups in total. The Kier molecular flexibility index (Phi) is 1.92. The first-order chi connectivity index (χ1) is 8.05. The van der Waals surface area contributed by atoms with E-state index in [2.05, 4.69) is 9.97 Å². The van der Waals surface area contributed by atoms with E-state index in [1.807, 2.05) is 0 Å². The number of halogens is 3. The average Bonchev–Trinajstić information content (AvgIpc) is 2.65. The molecule has 5 heteroatoms. The van der Waals surface area contributed by atoms with Crippen LogP contribution in [-0.4, -0.2) is 9.97 Å². The molecule has 2 heterocycles. The summed E-state index contributed by atoms with van der Waals surface area (Å²) < 4.78 is 37.8. The monoisotopic (exact) mass is 236 g/mol. The quantitative estimate of drug-likeness (QED) is 0.632. The third kappa shape index (κ3) is 1.54. The van der Waals surface area contributed by atoms with E-state index in [1.165, 1.54) is 6.07 Å². The maximum atomic E-state index is 12.6. The van der Waals surface area contributed by atoms with Gasteiger partial charge in [-0.05, 0) is 30.3 Å². The van der Waals surface area contributed by atoms with Crippen LogP contribution in [0.1, 0.15) is 5.56 Å². The van der Waals surface area contributed by atoms with E-state index in [-0.39, 0.29) is 0 Å². The Bertz CT molecular complexity index is 698. The van der Waals surface area contributed by atoms with Crippen LogP contribution < -0.4 is 0 Å². The molecule has 3 rings (SSSR count). The van der Waals surface area contributed by atoms with Crippen molar-refractivity contribution < 1.29 is 13.2 Å². The van der Waals surface area contributed by atoms with E-state index in [4.69, 9.17) is 0 Å². The second-order valence-corrected chi connectivity index (χ2v) is 3.78. The zero-order valence-corrected chi connectivity index (χ0v) is 8.55. The van der Waals surface area contributed by atoms with Gasteiger partial charge in [-0.2, -0.15) is 13.2 Å². The Labute approximate surface area is 94.1 Å². The molecule has 0 saturated heterocycles. The molecule has 0 aliphatic carbocycles. The smallest absolute Gasteiger partial charge is 0.339 e. The average molecular weight is 236 g/mol. The Balaban J connectivity index is 2.38. The van der Waals surface area contributed by atoms with Gasteiger partial charge in [-0.25, -0.2) is 4.98 Å². The Morgan fingerprint density at radius 2 is 1.88 bits per heavy atom. The van der Waals surface area contributed by atoms with Crippen molar-refractivity contribution in [2.45, 2.75) is 6.18 Å². The highest BCUT2D eigenvalue weighted by Crippen LogP contribution is 2.33. The van der Waals surface area contributed by atoms with Crippen LogP contribution in [0.15, 0.2) is 36.5 Å². The van der Waals surface area contributed by atoms with Crippen molar-refractivity contribution in [2.75, 3.05) is 0 Å². The van der Waals surface area contributed by atoms with Crippen molar-refractivity contribution in [1.82, 2.24) is 9.97 Å². The minimum absolute atomic E-state index is 0.544. The van der Waals surface area contributed by atoms with Crippen LogP contribution >= 0.6 is 0 Å². The number of fused-ring (bicyclic) bond motifs is 3. The zero-order valence-electron chi connectivity index (χ0n) is 8.55. The minimum atomic E-state index is -4.32. The molecule has 0 fully saturated rings. The molecule has 0 amide bonds. The molecule has 0 atom stereocenters. The lowest BCUT2D eigenvalue weighted by Gasteiger charge is -2.05. The largest absolute Gasteiger partial charge is 0.416 e. The number of rotatable bonds is 0. The molecule has 0 saturated carbocycles. The fourth-order valence-corrected chi connectivity index (χ4v) is 1.90. The predicted molar refractivity (Wildman–Crippen MR) is 58.6 cm³/mol. The van der Waals surface area contributed by atoms with Gasteiger partial charge in [-0.3, -0.25) is 0 Å². The summed E-state index contributed by atoms with van der Waals surface area (Å²) in [5.74, 6) is 0. The van der Waals surface area contributed by atoms with E-state index in [0.29, 0.717) is 21.9 Å². The van der Waals surface area contributed by atoms with E-state index in [0.717, 1.165) is 12.1 Å². The molecule has 1 aromatic carbocycles. The zero-order chi connectivity index (χ0) is 12.0. The van der Waals surface area contributed by atoms with Crippen LogP contribution in [0.25, 0.3) is 21.9 Å². The highest BCUT2D eigenvalue weighted by Gasteiger charge is 2.30. The highest BCUT2D eigenvalue weighted by molar-refractivity contribution is 6.05. The summed E-state index contributed by atoms with van der Waals surface area (Å²) in [4.78, 5) is 7.05. The molecule has 0 aliphatic heterocycles. The Hall–Kier alpha value is -2.04. The van der Waals surface area contributed by atoms with E-state index >= 15 is 0 Å². The topological polar surface area (TPSA) is 28.7 Å². The van der Waals surface area contributed by atoms with Gasteiger partial charge in [0.1, 0.15) is 5.65 Å². The number of nitrogens with one attached hydrogen (secondary N) is 1. The number of H-pyrrole nitrogens is 1. The Morgan fingerprint density at radius 1 is 1.06 bits per heavy atom. The maximum Gasteiger partial charge on any atom is 0.416 e. The number of alkyl halides is 3. The van der Waals surface area contributed by atoms with Crippen molar-refractivity contribution in [2.24, 2.45) is 0 Å². The fourth-order valence-electron chi connectivity index (χ4n) is 1.90. The maximum absolute atomic E-state index is 12.6. The van der Waals surface area contributed by atoms with Crippen molar-refractivity contribution in [1.29, 1.82) is 0 Å². The van der Waals surface area contributed by atoms with Gasteiger partial charge in [0.15, 0.2) is 0 Å². The molecule has 0 aliphatic rings. The second kappa shape index (κ2) is 3.23. The van der Waals surface area contributed by atoms with Crippen LogP contribution in [0.4, 0.5) is 13.2 Å². The molecule has 86 valence electrons. The predicted octanol–water partition coefficient (Wildman–Crippen LogP) is 3.73. The van der Waals surface area contributed by atoms with E-state index < -0.39 is 11.7 Å². The van der Waals surface area contributed by atoms with Gasteiger partial charge in [0.05, 0.1) is 5.56 Å². The molecular weight excluding hydrogens is 229 g/mol. The normalized spacial score (nSPS) is 12.4. The van der Waals surface area contributed by atoms with Crippen LogP contribution in [0, 0.1) is 0 Å². The summed E-state index contributed by atoms with van der Waals surface area (Å²) in [6.07, 6.45) is -2.72. The summed E-state index contributed by atoms with van der Waals surface area (Å²) in [6.45, 7) is 0. The Morgan fingerprint density at radius 3 is 2.65 bits per heavy atom. The number of nitrogens with zero attached hydrogens (tertiary/aromatic N) is 1. The summed E-state index contributed by atoms with van der Waals surface area (Å²) in [6, 6.07) is 7.10. The number of aromatic nitrogens is 2. The SMILES string of the molecule is FC(F)(F)c1ccc2[nH]c3ncccc3c2c1. The van der Waals surface area contributed by atoms with Gasteiger partial charge in [0, 0.05) is 22.5 Å². The number of pyridine rings is 1. The van der Waals surface area contributed by atoms with E-state index in [9.17, 15) is 13.2 Å². The molecule has 0 unspecified atom stereocenters. The fraction of sp³-hybridized carbons (Fsp3) is 0.0833. The van der Waals surface area contributed by atoms with Crippen molar-refractivity contribution >= 4 is 21.9 Å². The summed E-state index contributed by atoms with van der Waals surface area (Å²) in [5.41, 5.74) is 0.614. The van der Waals surface area contributed by atoms with Gasteiger partial charge >= 0.3 is 6.18 Å². The third-order valence-electron chi connectivity index (χ3n) is 2.70. The second-order valence-electron chi connectivity index (χ2n) is 3.78. The summed E-state index contributed by atoms with van der Waals surface area (Å²) in [7, 11) is 0. The molecule has 0 spiro atoms. The molecule has 2 aromatic heterocycles. The number of aromatic amines is 1. The number of benzene rings is 1. The number of hydrogen-bond acceptors (Lipinski definition) is 1. The minimum Gasteiger partial charge on any atom is -0.339 e. The van der Waals surface area contributed by atoms with Crippen LogP contribution in [-0.2, 0) is 6.18 Å². The first-order valence-electron chi connectivity index (χ1n) is 4.99. The standard InChI is InChI=1S/C12H7F3N2/c13-12(14,15)7-3-4-10-9(6-7)8-2-1-5-16-11(8)17-10/h1-6H,(H,16,17). The van der Waals surface area contributed by atoms with Crippen molar-refractivity contribution in [3.05, 3.63) is 42.1 Å². The van der Waals surface area contributed by atoms with Crippen molar-refractivity contribution in [3.63, 3.8) is 0 Å².